The van der Waals surface area contributed by atoms with Crippen molar-refractivity contribution in [2.75, 3.05) is 31.6 Å². The highest BCUT2D eigenvalue weighted by atomic mass is 16.3. The summed E-state index contributed by atoms with van der Waals surface area (Å²) in [6.07, 6.45) is 7.39. The van der Waals surface area contributed by atoms with Crippen LogP contribution in [0.2, 0.25) is 0 Å². The number of carbonyl (C=O) groups excluding carboxylic acids is 1. The summed E-state index contributed by atoms with van der Waals surface area (Å²) in [5, 5.41) is 30.9. The van der Waals surface area contributed by atoms with Gasteiger partial charge in [-0.2, -0.15) is 0 Å². The number of aromatic hydroxyl groups is 1. The molecule has 0 radical (unpaired) electrons. The van der Waals surface area contributed by atoms with Gasteiger partial charge in [-0.15, -0.1) is 6.58 Å². The van der Waals surface area contributed by atoms with E-state index in [0.29, 0.717) is 30.8 Å². The first-order valence-electron chi connectivity index (χ1n) is 8.56. The number of nitrogens with zero attached hydrogens (tertiary/aromatic N) is 1. The molecule has 1 rings (SSSR count). The quantitative estimate of drug-likeness (QED) is 0.276. The van der Waals surface area contributed by atoms with E-state index in [1.54, 1.807) is 23.1 Å². The summed E-state index contributed by atoms with van der Waals surface area (Å²) >= 11 is 0. The van der Waals surface area contributed by atoms with E-state index in [1.165, 1.54) is 12.1 Å². The van der Waals surface area contributed by atoms with E-state index in [0.717, 1.165) is 18.3 Å². The van der Waals surface area contributed by atoms with Gasteiger partial charge in [0.05, 0.1) is 17.5 Å². The summed E-state index contributed by atoms with van der Waals surface area (Å²) in [5.74, 6) is -0.276. The highest BCUT2D eigenvalue weighted by Crippen LogP contribution is 2.28. The summed E-state index contributed by atoms with van der Waals surface area (Å²) in [5.41, 5.74) is 1.78. The number of benzene rings is 1. The molecule has 0 unspecified atom stereocenters. The van der Waals surface area contributed by atoms with Crippen LogP contribution in [0.15, 0.2) is 54.8 Å². The molecule has 1 amide bonds. The molecule has 0 aliphatic rings. The molecule has 26 heavy (non-hydrogen) atoms. The monoisotopic (exact) mass is 360 g/mol. The third kappa shape index (κ3) is 6.64. The molecular weight excluding hydrogens is 332 g/mol. The Hall–Kier alpha value is -2.73. The number of anilines is 1. The van der Waals surface area contributed by atoms with E-state index in [1.807, 2.05) is 13.0 Å². The van der Waals surface area contributed by atoms with Crippen molar-refractivity contribution >= 4 is 11.6 Å². The molecule has 0 aromatic heterocycles. The van der Waals surface area contributed by atoms with E-state index >= 15 is 0 Å². The molecule has 1 aromatic rings. The molecule has 0 spiro atoms. The second kappa shape index (κ2) is 11.8. The normalized spacial score (nSPS) is 11.5. The van der Waals surface area contributed by atoms with Crippen LogP contribution in [0, 0.1) is 0 Å². The number of aliphatic hydroxyl groups is 2. The fraction of sp³-hybridized carbons (Fsp3) is 0.350. The van der Waals surface area contributed by atoms with Gasteiger partial charge in [0.25, 0.3) is 5.91 Å². The molecule has 4 N–H and O–H groups in total. The number of carbonyl (C=O) groups is 1. The van der Waals surface area contributed by atoms with E-state index in [-0.39, 0.29) is 24.8 Å². The van der Waals surface area contributed by atoms with Gasteiger partial charge in [0.2, 0.25) is 0 Å². The van der Waals surface area contributed by atoms with Crippen LogP contribution >= 0.6 is 0 Å². The minimum Gasteiger partial charge on any atom is -0.516 e. The van der Waals surface area contributed by atoms with Gasteiger partial charge in [0.1, 0.15) is 5.75 Å². The topological polar surface area (TPSA) is 93.0 Å². The van der Waals surface area contributed by atoms with Crippen LogP contribution in [0.5, 0.6) is 5.75 Å². The molecule has 0 heterocycles. The highest BCUT2D eigenvalue weighted by molar-refractivity contribution is 6.01. The molecule has 0 aliphatic heterocycles. The van der Waals surface area contributed by atoms with Crippen LogP contribution in [0.3, 0.4) is 0 Å². The van der Waals surface area contributed by atoms with Crippen molar-refractivity contribution < 1.29 is 20.1 Å². The Bertz CT molecular complexity index is 653. The number of amides is 1. The summed E-state index contributed by atoms with van der Waals surface area (Å²) in [6, 6.07) is 4.77. The molecule has 6 heteroatoms. The lowest BCUT2D eigenvalue weighted by Crippen LogP contribution is -2.32. The Morgan fingerprint density at radius 1 is 1.35 bits per heavy atom. The van der Waals surface area contributed by atoms with Crippen LogP contribution in [-0.4, -0.2) is 52.4 Å². The summed E-state index contributed by atoms with van der Waals surface area (Å²) < 4.78 is 0. The van der Waals surface area contributed by atoms with Crippen molar-refractivity contribution in [2.24, 2.45) is 0 Å². The maximum atomic E-state index is 13.0. The summed E-state index contributed by atoms with van der Waals surface area (Å²) in [6.45, 7) is 6.71. The van der Waals surface area contributed by atoms with Gasteiger partial charge in [-0.1, -0.05) is 23.8 Å². The van der Waals surface area contributed by atoms with Crippen molar-refractivity contribution in [1.29, 1.82) is 0 Å². The van der Waals surface area contributed by atoms with Crippen LogP contribution in [0.25, 0.3) is 0 Å². The van der Waals surface area contributed by atoms with Gasteiger partial charge in [-0.25, -0.2) is 0 Å². The maximum absolute atomic E-state index is 13.0. The number of allylic oxidation sites excluding steroid dienone is 1. The Balaban J connectivity index is 3.05. The van der Waals surface area contributed by atoms with Crippen LogP contribution in [-0.2, 0) is 0 Å². The van der Waals surface area contributed by atoms with E-state index in [4.69, 9.17) is 10.2 Å². The minimum absolute atomic E-state index is 0.00924. The SMILES string of the molecule is C=CCNc1c(O)cccc1C(=O)N(C/C=C/O)C/C=C(\C)CCCO. The first-order chi connectivity index (χ1) is 12.5. The standard InChI is InChI=1S/C20H28N2O4/c1-3-11-21-19-17(8-4-9-18(19)25)20(26)22(12-6-15-24)13-10-16(2)7-5-14-23/h3-4,6,8-10,15,21,23-25H,1,5,7,11-14H2,2H3/b15-6+,16-10+. The van der Waals surface area contributed by atoms with Gasteiger partial charge < -0.3 is 25.5 Å². The number of phenolic OH excluding ortho intramolecular Hbond substituents is 1. The van der Waals surface area contributed by atoms with Crippen molar-refractivity contribution in [2.45, 2.75) is 19.8 Å². The van der Waals surface area contributed by atoms with Crippen LogP contribution in [0.4, 0.5) is 5.69 Å². The van der Waals surface area contributed by atoms with E-state index in [9.17, 15) is 9.90 Å². The second-order valence-electron chi connectivity index (χ2n) is 5.84. The average molecular weight is 360 g/mol. The number of nitrogens with one attached hydrogen (secondary N) is 1. The lowest BCUT2D eigenvalue weighted by molar-refractivity contribution is 0.0790. The summed E-state index contributed by atoms with van der Waals surface area (Å²) in [7, 11) is 0. The molecule has 0 fully saturated rings. The number of hydrogen-bond acceptors (Lipinski definition) is 5. The van der Waals surface area contributed by atoms with Gasteiger partial charge in [-0.05, 0) is 38.0 Å². The zero-order valence-corrected chi connectivity index (χ0v) is 15.2. The number of hydrogen-bond donors (Lipinski definition) is 4. The molecule has 6 nitrogen and oxygen atoms in total. The lowest BCUT2D eigenvalue weighted by Gasteiger charge is -2.22. The molecule has 0 aliphatic carbocycles. The predicted octanol–water partition coefficient (Wildman–Crippen LogP) is 3.22. The Kier molecular flexibility index (Phi) is 9.64. The summed E-state index contributed by atoms with van der Waals surface area (Å²) in [4.78, 5) is 14.5. The van der Waals surface area contributed by atoms with Gasteiger partial charge in [0.15, 0.2) is 0 Å². The highest BCUT2D eigenvalue weighted by Gasteiger charge is 2.19. The molecule has 1 aromatic carbocycles. The number of para-hydroxylation sites is 1. The van der Waals surface area contributed by atoms with Crippen LogP contribution < -0.4 is 5.32 Å². The average Bonchev–Trinajstić information content (AvgIpc) is 2.64. The number of aliphatic hydroxyl groups excluding tert-OH is 2. The fourth-order valence-corrected chi connectivity index (χ4v) is 2.39. The first kappa shape index (κ1) is 21.3. The van der Waals surface area contributed by atoms with Crippen LogP contribution in [0.1, 0.15) is 30.1 Å². The second-order valence-corrected chi connectivity index (χ2v) is 5.84. The first-order valence-corrected chi connectivity index (χ1v) is 8.56. The van der Waals surface area contributed by atoms with Crippen molar-refractivity contribution in [3.05, 3.63) is 60.4 Å². The largest absolute Gasteiger partial charge is 0.516 e. The van der Waals surface area contributed by atoms with E-state index in [2.05, 4.69) is 11.9 Å². The Morgan fingerprint density at radius 2 is 2.12 bits per heavy atom. The molecule has 0 saturated heterocycles. The van der Waals surface area contributed by atoms with E-state index < -0.39 is 0 Å². The molecule has 142 valence electrons. The van der Waals surface area contributed by atoms with Gasteiger partial charge >= 0.3 is 0 Å². The van der Waals surface area contributed by atoms with Crippen molar-refractivity contribution in [3.8, 4) is 5.75 Å². The predicted molar refractivity (Wildman–Crippen MR) is 105 cm³/mol. The smallest absolute Gasteiger partial charge is 0.256 e. The number of rotatable bonds is 11. The third-order valence-electron chi connectivity index (χ3n) is 3.80. The van der Waals surface area contributed by atoms with Gasteiger partial charge in [-0.3, -0.25) is 4.79 Å². The maximum Gasteiger partial charge on any atom is 0.256 e. The Labute approximate surface area is 154 Å². The zero-order valence-electron chi connectivity index (χ0n) is 15.2. The van der Waals surface area contributed by atoms with Gasteiger partial charge in [0, 0.05) is 26.2 Å². The minimum atomic E-state index is -0.267. The van der Waals surface area contributed by atoms with Crippen molar-refractivity contribution in [1.82, 2.24) is 4.90 Å². The molecule has 0 atom stereocenters. The van der Waals surface area contributed by atoms with Crippen molar-refractivity contribution in [3.63, 3.8) is 0 Å². The molecule has 0 saturated carbocycles. The molecule has 0 bridgehead atoms. The number of phenols is 1. The Morgan fingerprint density at radius 3 is 2.77 bits per heavy atom. The lowest BCUT2D eigenvalue weighted by atomic mass is 10.1. The third-order valence-corrected chi connectivity index (χ3v) is 3.80. The zero-order chi connectivity index (χ0) is 19.4. The molecular formula is C20H28N2O4. The fourth-order valence-electron chi connectivity index (χ4n) is 2.39.